The number of hydrazine groups is 1. The molecule has 1 unspecified atom stereocenters. The van der Waals surface area contributed by atoms with E-state index in [0.29, 0.717) is 24.8 Å². The fourth-order valence-corrected chi connectivity index (χ4v) is 1.66. The maximum Gasteiger partial charge on any atom is 0.239 e. The summed E-state index contributed by atoms with van der Waals surface area (Å²) in [6.07, 6.45) is 1.90. The lowest BCUT2D eigenvalue weighted by molar-refractivity contribution is -0.120. The molecule has 1 fully saturated rings. The first-order chi connectivity index (χ1) is 8.15. The standard InChI is InChI=1S/C10H18N4O3/c1-8(4-10(16)12-11)13-17-6-9-2-3-14(5-9)7-15/h7,9H,2-6,11H2,1H3,(H,12,16)/b13-8+. The minimum absolute atomic E-state index is 0.127. The van der Waals surface area contributed by atoms with Gasteiger partial charge >= 0.3 is 0 Å². The summed E-state index contributed by atoms with van der Waals surface area (Å²) in [6.45, 7) is 3.64. The van der Waals surface area contributed by atoms with Crippen LogP contribution in [0.1, 0.15) is 19.8 Å². The summed E-state index contributed by atoms with van der Waals surface area (Å²) < 4.78 is 0. The highest BCUT2D eigenvalue weighted by Gasteiger charge is 2.21. The fourth-order valence-electron chi connectivity index (χ4n) is 1.66. The summed E-state index contributed by atoms with van der Waals surface area (Å²) in [4.78, 5) is 28.3. The first-order valence-electron chi connectivity index (χ1n) is 5.50. The third-order valence-electron chi connectivity index (χ3n) is 2.57. The molecule has 1 atom stereocenters. The van der Waals surface area contributed by atoms with Crippen molar-refractivity contribution in [3.05, 3.63) is 0 Å². The molecule has 0 bridgehead atoms. The molecule has 7 heteroatoms. The molecule has 1 aliphatic rings. The van der Waals surface area contributed by atoms with E-state index in [1.807, 2.05) is 5.43 Å². The van der Waals surface area contributed by atoms with Gasteiger partial charge in [0.05, 0.1) is 12.1 Å². The van der Waals surface area contributed by atoms with Crippen LogP contribution in [0.3, 0.4) is 0 Å². The number of carbonyl (C=O) groups excluding carboxylic acids is 2. The smallest absolute Gasteiger partial charge is 0.239 e. The zero-order valence-electron chi connectivity index (χ0n) is 9.89. The highest BCUT2D eigenvalue weighted by molar-refractivity contribution is 5.99. The SMILES string of the molecule is C/C(CC(=O)NN)=N\OCC1CCN(C=O)C1. The molecule has 96 valence electrons. The van der Waals surface area contributed by atoms with Crippen LogP contribution in [-0.2, 0) is 14.4 Å². The maximum absolute atomic E-state index is 10.9. The number of rotatable bonds is 6. The van der Waals surface area contributed by atoms with Crippen LogP contribution in [-0.4, -0.2) is 42.6 Å². The van der Waals surface area contributed by atoms with Crippen molar-refractivity contribution in [2.45, 2.75) is 19.8 Å². The molecule has 0 spiro atoms. The number of oxime groups is 1. The van der Waals surface area contributed by atoms with Gasteiger partial charge in [-0.2, -0.15) is 0 Å². The van der Waals surface area contributed by atoms with Crippen molar-refractivity contribution >= 4 is 18.0 Å². The van der Waals surface area contributed by atoms with Crippen molar-refractivity contribution in [1.29, 1.82) is 0 Å². The van der Waals surface area contributed by atoms with E-state index in [-0.39, 0.29) is 12.3 Å². The second-order valence-corrected chi connectivity index (χ2v) is 4.12. The third kappa shape index (κ3) is 4.81. The number of nitrogens with two attached hydrogens (primary N) is 1. The number of carbonyl (C=O) groups is 2. The first kappa shape index (κ1) is 13.4. The molecular formula is C10H18N4O3. The van der Waals surface area contributed by atoms with Gasteiger partial charge in [0.25, 0.3) is 0 Å². The monoisotopic (exact) mass is 242 g/mol. The van der Waals surface area contributed by atoms with E-state index in [9.17, 15) is 9.59 Å². The Labute approximate surface area is 99.9 Å². The van der Waals surface area contributed by atoms with Gasteiger partial charge in [-0.15, -0.1) is 0 Å². The number of nitrogens with zero attached hydrogens (tertiary/aromatic N) is 2. The summed E-state index contributed by atoms with van der Waals surface area (Å²) in [6, 6.07) is 0. The Hall–Kier alpha value is -1.63. The highest BCUT2D eigenvalue weighted by atomic mass is 16.6. The summed E-state index contributed by atoms with van der Waals surface area (Å²) in [5, 5.41) is 3.82. The Morgan fingerprint density at radius 1 is 1.71 bits per heavy atom. The number of amides is 2. The van der Waals surface area contributed by atoms with E-state index in [1.54, 1.807) is 11.8 Å². The Kier molecular flexibility index (Phi) is 5.41. The molecule has 7 nitrogen and oxygen atoms in total. The molecule has 3 N–H and O–H groups in total. The van der Waals surface area contributed by atoms with Gasteiger partial charge in [0.2, 0.25) is 12.3 Å². The molecule has 1 aliphatic heterocycles. The molecular weight excluding hydrogens is 224 g/mol. The second-order valence-electron chi connectivity index (χ2n) is 4.12. The Morgan fingerprint density at radius 3 is 3.06 bits per heavy atom. The quantitative estimate of drug-likeness (QED) is 0.210. The van der Waals surface area contributed by atoms with Crippen molar-refractivity contribution in [2.24, 2.45) is 16.9 Å². The molecule has 2 amide bonds. The average Bonchev–Trinajstić information content (AvgIpc) is 2.76. The predicted molar refractivity (Wildman–Crippen MR) is 61.8 cm³/mol. The second kappa shape index (κ2) is 6.85. The van der Waals surface area contributed by atoms with Gasteiger partial charge in [-0.3, -0.25) is 15.0 Å². The van der Waals surface area contributed by atoms with Crippen molar-refractivity contribution < 1.29 is 14.4 Å². The zero-order valence-corrected chi connectivity index (χ0v) is 9.89. The van der Waals surface area contributed by atoms with Crippen molar-refractivity contribution in [3.8, 4) is 0 Å². The van der Waals surface area contributed by atoms with E-state index in [2.05, 4.69) is 5.16 Å². The normalized spacial score (nSPS) is 20.2. The molecule has 0 aromatic rings. The summed E-state index contributed by atoms with van der Waals surface area (Å²) in [7, 11) is 0. The van der Waals surface area contributed by atoms with Gasteiger partial charge in [-0.05, 0) is 13.3 Å². The van der Waals surface area contributed by atoms with Gasteiger partial charge in [-0.1, -0.05) is 5.16 Å². The van der Waals surface area contributed by atoms with Crippen LogP contribution in [0.25, 0.3) is 0 Å². The lowest BCUT2D eigenvalue weighted by Crippen LogP contribution is -2.31. The predicted octanol–water partition coefficient (Wildman–Crippen LogP) is -0.763. The van der Waals surface area contributed by atoms with Crippen molar-refractivity contribution in [3.63, 3.8) is 0 Å². The number of likely N-dealkylation sites (tertiary alicyclic amines) is 1. The van der Waals surface area contributed by atoms with Crippen LogP contribution in [0, 0.1) is 5.92 Å². The Bertz CT molecular complexity index is 306. The summed E-state index contributed by atoms with van der Waals surface area (Å²) >= 11 is 0. The van der Waals surface area contributed by atoms with Gasteiger partial charge in [-0.25, -0.2) is 5.84 Å². The largest absolute Gasteiger partial charge is 0.395 e. The van der Waals surface area contributed by atoms with E-state index in [4.69, 9.17) is 10.7 Å². The lowest BCUT2D eigenvalue weighted by atomic mass is 10.1. The molecule has 1 rings (SSSR count). The Morgan fingerprint density at radius 2 is 2.47 bits per heavy atom. The number of hydrogen-bond donors (Lipinski definition) is 2. The number of nitrogens with one attached hydrogen (secondary N) is 1. The van der Waals surface area contributed by atoms with E-state index in [0.717, 1.165) is 19.4 Å². The fraction of sp³-hybridized carbons (Fsp3) is 0.700. The van der Waals surface area contributed by atoms with Crippen molar-refractivity contribution in [2.75, 3.05) is 19.7 Å². The molecule has 0 aromatic carbocycles. The Balaban J connectivity index is 2.20. The maximum atomic E-state index is 10.9. The lowest BCUT2D eigenvalue weighted by Gasteiger charge is -2.09. The topological polar surface area (TPSA) is 97.0 Å². The van der Waals surface area contributed by atoms with Crippen molar-refractivity contribution in [1.82, 2.24) is 10.3 Å². The molecule has 0 saturated carbocycles. The van der Waals surface area contributed by atoms with Crippen LogP contribution in [0.2, 0.25) is 0 Å². The van der Waals surface area contributed by atoms with Crippen LogP contribution >= 0.6 is 0 Å². The first-order valence-corrected chi connectivity index (χ1v) is 5.50. The van der Waals surface area contributed by atoms with Crippen LogP contribution < -0.4 is 11.3 Å². The zero-order chi connectivity index (χ0) is 12.7. The highest BCUT2D eigenvalue weighted by Crippen LogP contribution is 2.14. The summed E-state index contributed by atoms with van der Waals surface area (Å²) in [5.74, 6) is 4.96. The molecule has 17 heavy (non-hydrogen) atoms. The van der Waals surface area contributed by atoms with E-state index < -0.39 is 0 Å². The van der Waals surface area contributed by atoms with Crippen LogP contribution in [0.5, 0.6) is 0 Å². The van der Waals surface area contributed by atoms with E-state index in [1.165, 1.54) is 0 Å². The minimum atomic E-state index is -0.303. The molecule has 0 aromatic heterocycles. The molecule has 0 radical (unpaired) electrons. The van der Waals surface area contributed by atoms with Gasteiger partial charge in [0, 0.05) is 19.0 Å². The molecule has 1 heterocycles. The van der Waals surface area contributed by atoms with Gasteiger partial charge in [0.15, 0.2) is 0 Å². The van der Waals surface area contributed by atoms with Gasteiger partial charge < -0.3 is 9.74 Å². The number of hydrogen-bond acceptors (Lipinski definition) is 5. The van der Waals surface area contributed by atoms with Gasteiger partial charge in [0.1, 0.15) is 6.61 Å². The third-order valence-corrected chi connectivity index (χ3v) is 2.57. The minimum Gasteiger partial charge on any atom is -0.395 e. The van der Waals surface area contributed by atoms with Crippen LogP contribution in [0.15, 0.2) is 5.16 Å². The van der Waals surface area contributed by atoms with Crippen LogP contribution in [0.4, 0.5) is 0 Å². The molecule has 1 saturated heterocycles. The average molecular weight is 242 g/mol. The molecule has 0 aliphatic carbocycles. The summed E-state index contributed by atoms with van der Waals surface area (Å²) in [5.41, 5.74) is 2.59. The van der Waals surface area contributed by atoms with E-state index >= 15 is 0 Å².